The van der Waals surface area contributed by atoms with E-state index in [4.69, 9.17) is 0 Å². The maximum atomic E-state index is 12.6. The summed E-state index contributed by atoms with van der Waals surface area (Å²) in [6, 6.07) is 15.4. The van der Waals surface area contributed by atoms with Gasteiger partial charge in [-0.15, -0.1) is 0 Å². The Bertz CT molecular complexity index is 954. The van der Waals surface area contributed by atoms with Gasteiger partial charge in [-0.05, 0) is 30.7 Å². The second-order valence-electron chi connectivity index (χ2n) is 6.51. The van der Waals surface area contributed by atoms with Crippen molar-refractivity contribution in [1.29, 1.82) is 0 Å². The fourth-order valence-corrected chi connectivity index (χ4v) is 3.20. The molecule has 1 aliphatic heterocycles. The third-order valence-corrected chi connectivity index (χ3v) is 4.64. The van der Waals surface area contributed by atoms with Crippen LogP contribution in [0.1, 0.15) is 15.9 Å². The molecule has 1 aromatic heterocycles. The second kappa shape index (κ2) is 6.09. The average molecular weight is 333 g/mol. The molecule has 126 valence electrons. The Labute approximate surface area is 145 Å². The number of aromatic nitrogens is 1. The number of para-hydroxylation sites is 1. The van der Waals surface area contributed by atoms with Crippen LogP contribution in [0.5, 0.6) is 0 Å². The molecule has 25 heavy (non-hydrogen) atoms. The molecule has 0 unspecified atom stereocenters. The molecule has 0 spiro atoms. The Balaban J connectivity index is 1.40. The number of benzene rings is 2. The molecule has 5 heteroatoms. The van der Waals surface area contributed by atoms with Crippen LogP contribution in [0.15, 0.2) is 54.7 Å². The van der Waals surface area contributed by atoms with Crippen LogP contribution in [0.4, 0.5) is 5.69 Å². The third kappa shape index (κ3) is 2.89. The van der Waals surface area contributed by atoms with Crippen LogP contribution in [-0.4, -0.2) is 34.8 Å². The molecule has 1 fully saturated rings. The molecule has 2 amide bonds. The van der Waals surface area contributed by atoms with E-state index in [0.29, 0.717) is 18.7 Å². The van der Waals surface area contributed by atoms with Gasteiger partial charge in [0.15, 0.2) is 0 Å². The number of anilines is 1. The summed E-state index contributed by atoms with van der Waals surface area (Å²) in [6.45, 7) is 2.90. The van der Waals surface area contributed by atoms with Gasteiger partial charge in [0.25, 0.3) is 5.91 Å². The number of fused-ring (bicyclic) bond motifs is 1. The fraction of sp³-hybridized carbons (Fsp3) is 0.200. The van der Waals surface area contributed by atoms with Crippen molar-refractivity contribution in [2.75, 3.05) is 18.4 Å². The molecule has 0 aliphatic carbocycles. The minimum atomic E-state index is -0.158. The number of likely N-dealkylation sites (tertiary alicyclic amines) is 1. The summed E-state index contributed by atoms with van der Waals surface area (Å²) in [7, 11) is 0. The predicted octanol–water partition coefficient (Wildman–Crippen LogP) is 3.19. The first-order chi connectivity index (χ1) is 12.1. The average Bonchev–Trinajstić information content (AvgIpc) is 2.97. The smallest absolute Gasteiger partial charge is 0.256 e. The van der Waals surface area contributed by atoms with Crippen LogP contribution >= 0.6 is 0 Å². The number of aromatic amines is 1. The van der Waals surface area contributed by atoms with E-state index >= 15 is 0 Å². The van der Waals surface area contributed by atoms with Gasteiger partial charge in [0.2, 0.25) is 5.91 Å². The number of nitrogens with one attached hydrogen (secondary N) is 2. The Hall–Kier alpha value is -3.08. The van der Waals surface area contributed by atoms with Gasteiger partial charge >= 0.3 is 0 Å². The van der Waals surface area contributed by atoms with E-state index in [1.54, 1.807) is 11.1 Å². The van der Waals surface area contributed by atoms with Crippen LogP contribution in [0.25, 0.3) is 10.9 Å². The molecule has 0 radical (unpaired) electrons. The molecule has 1 saturated heterocycles. The van der Waals surface area contributed by atoms with Crippen LogP contribution in [0.2, 0.25) is 0 Å². The lowest BCUT2D eigenvalue weighted by molar-refractivity contribution is -0.123. The van der Waals surface area contributed by atoms with Gasteiger partial charge in [-0.25, -0.2) is 0 Å². The van der Waals surface area contributed by atoms with Gasteiger partial charge in [-0.3, -0.25) is 9.59 Å². The van der Waals surface area contributed by atoms with E-state index in [-0.39, 0.29) is 17.7 Å². The molecule has 4 rings (SSSR count). The van der Waals surface area contributed by atoms with Crippen molar-refractivity contribution in [2.24, 2.45) is 5.92 Å². The van der Waals surface area contributed by atoms with Gasteiger partial charge < -0.3 is 15.2 Å². The number of aryl methyl sites for hydroxylation is 1. The third-order valence-electron chi connectivity index (χ3n) is 4.64. The predicted molar refractivity (Wildman–Crippen MR) is 97.5 cm³/mol. The SMILES string of the molecule is Cc1cccc(NC(=O)C2CN(C(=O)c3c[nH]c4ccccc34)C2)c1. The van der Waals surface area contributed by atoms with Gasteiger partial charge in [-0.2, -0.15) is 0 Å². The van der Waals surface area contributed by atoms with E-state index in [1.807, 2.05) is 55.5 Å². The monoisotopic (exact) mass is 333 g/mol. The zero-order chi connectivity index (χ0) is 17.4. The number of rotatable bonds is 3. The molecule has 2 N–H and O–H groups in total. The standard InChI is InChI=1S/C20H19N3O2/c1-13-5-4-6-15(9-13)22-19(24)14-11-23(12-14)20(25)17-10-21-18-8-3-2-7-16(17)18/h2-10,14,21H,11-12H2,1H3,(H,22,24). The molecular weight excluding hydrogens is 314 g/mol. The molecule has 2 heterocycles. The van der Waals surface area contributed by atoms with E-state index in [9.17, 15) is 9.59 Å². The van der Waals surface area contributed by atoms with Crippen molar-refractivity contribution in [3.63, 3.8) is 0 Å². The van der Waals surface area contributed by atoms with E-state index in [1.165, 1.54) is 0 Å². The van der Waals surface area contributed by atoms with E-state index in [2.05, 4.69) is 10.3 Å². The van der Waals surface area contributed by atoms with Crippen molar-refractivity contribution in [2.45, 2.75) is 6.92 Å². The zero-order valence-electron chi connectivity index (χ0n) is 14.0. The minimum absolute atomic E-state index is 0.0305. The minimum Gasteiger partial charge on any atom is -0.360 e. The molecule has 2 aromatic carbocycles. The highest BCUT2D eigenvalue weighted by atomic mass is 16.2. The first kappa shape index (κ1) is 15.4. The number of hydrogen-bond donors (Lipinski definition) is 2. The number of carbonyl (C=O) groups excluding carboxylic acids is 2. The highest BCUT2D eigenvalue weighted by molar-refractivity contribution is 6.07. The lowest BCUT2D eigenvalue weighted by atomic mass is 9.97. The fourth-order valence-electron chi connectivity index (χ4n) is 3.20. The topological polar surface area (TPSA) is 65.2 Å². The summed E-state index contributed by atoms with van der Waals surface area (Å²) < 4.78 is 0. The first-order valence-electron chi connectivity index (χ1n) is 8.35. The molecule has 3 aromatic rings. The van der Waals surface area contributed by atoms with E-state index < -0.39 is 0 Å². The van der Waals surface area contributed by atoms with Crippen molar-refractivity contribution in [3.8, 4) is 0 Å². The van der Waals surface area contributed by atoms with Crippen LogP contribution < -0.4 is 5.32 Å². The lowest BCUT2D eigenvalue weighted by Gasteiger charge is -2.38. The lowest BCUT2D eigenvalue weighted by Crippen LogP contribution is -2.54. The molecular formula is C20H19N3O2. The maximum Gasteiger partial charge on any atom is 0.256 e. The number of carbonyl (C=O) groups is 2. The van der Waals surface area contributed by atoms with Crippen LogP contribution in [0, 0.1) is 12.8 Å². The maximum absolute atomic E-state index is 12.6. The van der Waals surface area contributed by atoms with E-state index in [0.717, 1.165) is 22.2 Å². The van der Waals surface area contributed by atoms with Crippen LogP contribution in [0.3, 0.4) is 0 Å². The van der Waals surface area contributed by atoms with Crippen LogP contribution in [-0.2, 0) is 4.79 Å². The summed E-state index contributed by atoms with van der Waals surface area (Å²) in [5, 5.41) is 3.84. The molecule has 0 saturated carbocycles. The zero-order valence-corrected chi connectivity index (χ0v) is 14.0. The quantitative estimate of drug-likeness (QED) is 0.773. The molecule has 0 bridgehead atoms. The number of nitrogens with zero attached hydrogens (tertiary/aromatic N) is 1. The van der Waals surface area contributed by atoms with Crippen molar-refractivity contribution < 1.29 is 9.59 Å². The number of hydrogen-bond acceptors (Lipinski definition) is 2. The first-order valence-corrected chi connectivity index (χ1v) is 8.35. The Kier molecular flexibility index (Phi) is 3.76. The molecule has 0 atom stereocenters. The Morgan fingerprint density at radius 3 is 2.72 bits per heavy atom. The Morgan fingerprint density at radius 2 is 1.92 bits per heavy atom. The largest absolute Gasteiger partial charge is 0.360 e. The van der Waals surface area contributed by atoms with Gasteiger partial charge in [0.05, 0.1) is 11.5 Å². The van der Waals surface area contributed by atoms with Crippen molar-refractivity contribution in [1.82, 2.24) is 9.88 Å². The summed E-state index contributed by atoms with van der Waals surface area (Å²) >= 11 is 0. The summed E-state index contributed by atoms with van der Waals surface area (Å²) in [6.07, 6.45) is 1.74. The molecule has 1 aliphatic rings. The van der Waals surface area contributed by atoms with Crippen molar-refractivity contribution >= 4 is 28.4 Å². The highest BCUT2D eigenvalue weighted by Crippen LogP contribution is 2.24. The number of H-pyrrole nitrogens is 1. The second-order valence-corrected chi connectivity index (χ2v) is 6.51. The van der Waals surface area contributed by atoms with Gasteiger partial charge in [0, 0.05) is 35.9 Å². The summed E-state index contributed by atoms with van der Waals surface area (Å²) in [4.78, 5) is 29.8. The normalized spacial score (nSPS) is 14.4. The highest BCUT2D eigenvalue weighted by Gasteiger charge is 2.36. The van der Waals surface area contributed by atoms with Gasteiger partial charge in [-0.1, -0.05) is 30.3 Å². The Morgan fingerprint density at radius 1 is 1.12 bits per heavy atom. The number of amides is 2. The van der Waals surface area contributed by atoms with Gasteiger partial charge in [0.1, 0.15) is 0 Å². The summed E-state index contributed by atoms with van der Waals surface area (Å²) in [5.41, 5.74) is 3.50. The molecule has 5 nitrogen and oxygen atoms in total. The summed E-state index contributed by atoms with van der Waals surface area (Å²) in [5.74, 6) is -0.222. The van der Waals surface area contributed by atoms with Crippen molar-refractivity contribution in [3.05, 3.63) is 65.9 Å².